The lowest BCUT2D eigenvalue weighted by Crippen LogP contribution is -2.40. The normalized spacial score (nSPS) is 15.2. The molecule has 0 saturated carbocycles. The summed E-state index contributed by atoms with van der Waals surface area (Å²) in [5.74, 6) is -0.536. The molecular formula is C23H21F2NO3. The SMILES string of the molecule is Cc1c(-c2ccccc2)oc2c(C(=O)N3CCC(C(F)F)CC3)cccc2c1=O. The van der Waals surface area contributed by atoms with E-state index in [9.17, 15) is 18.4 Å². The highest BCUT2D eigenvalue weighted by Crippen LogP contribution is 2.29. The summed E-state index contributed by atoms with van der Waals surface area (Å²) in [6.45, 7) is 2.24. The van der Waals surface area contributed by atoms with E-state index in [1.165, 1.54) is 0 Å². The van der Waals surface area contributed by atoms with E-state index in [1.807, 2.05) is 30.3 Å². The van der Waals surface area contributed by atoms with Crippen LogP contribution < -0.4 is 5.43 Å². The van der Waals surface area contributed by atoms with Gasteiger partial charge in [-0.25, -0.2) is 8.78 Å². The second kappa shape index (κ2) is 7.78. The molecule has 1 saturated heterocycles. The van der Waals surface area contributed by atoms with Crippen LogP contribution in [0.4, 0.5) is 8.78 Å². The van der Waals surface area contributed by atoms with E-state index in [0.717, 1.165) is 5.56 Å². The molecule has 0 radical (unpaired) electrons. The van der Waals surface area contributed by atoms with Crippen LogP contribution in [0.2, 0.25) is 0 Å². The number of likely N-dealkylation sites (tertiary alicyclic amines) is 1. The van der Waals surface area contributed by atoms with Gasteiger partial charge < -0.3 is 9.32 Å². The third-order valence-corrected chi connectivity index (χ3v) is 5.59. The van der Waals surface area contributed by atoms with E-state index < -0.39 is 12.3 Å². The highest BCUT2D eigenvalue weighted by molar-refractivity contribution is 6.05. The second-order valence-corrected chi connectivity index (χ2v) is 7.40. The molecule has 0 spiro atoms. The van der Waals surface area contributed by atoms with Crippen molar-refractivity contribution >= 4 is 16.9 Å². The summed E-state index contributed by atoms with van der Waals surface area (Å²) in [6.07, 6.45) is -1.82. The van der Waals surface area contributed by atoms with Crippen molar-refractivity contribution in [1.29, 1.82) is 0 Å². The molecule has 1 amide bonds. The molecule has 0 aliphatic carbocycles. The van der Waals surface area contributed by atoms with Crippen LogP contribution in [0.5, 0.6) is 0 Å². The fourth-order valence-corrected chi connectivity index (χ4v) is 3.87. The van der Waals surface area contributed by atoms with Crippen LogP contribution in [-0.4, -0.2) is 30.3 Å². The molecule has 1 aliphatic rings. The Bertz CT molecular complexity index is 1100. The van der Waals surface area contributed by atoms with Crippen LogP contribution in [0.25, 0.3) is 22.3 Å². The molecule has 0 N–H and O–H groups in total. The number of benzene rings is 2. The molecule has 1 aliphatic heterocycles. The zero-order valence-electron chi connectivity index (χ0n) is 16.0. The third-order valence-electron chi connectivity index (χ3n) is 5.59. The van der Waals surface area contributed by atoms with Gasteiger partial charge in [-0.3, -0.25) is 9.59 Å². The molecule has 0 bridgehead atoms. The second-order valence-electron chi connectivity index (χ2n) is 7.40. The fraction of sp³-hybridized carbons (Fsp3) is 0.304. The Kier molecular flexibility index (Phi) is 5.18. The highest BCUT2D eigenvalue weighted by Gasteiger charge is 2.30. The Morgan fingerprint density at radius 2 is 1.76 bits per heavy atom. The minimum absolute atomic E-state index is 0.184. The molecule has 0 unspecified atom stereocenters. The summed E-state index contributed by atoms with van der Waals surface area (Å²) in [5, 5.41) is 0.343. The Morgan fingerprint density at radius 3 is 2.41 bits per heavy atom. The number of carbonyl (C=O) groups is 1. The number of para-hydroxylation sites is 1. The maximum atomic E-state index is 13.1. The summed E-state index contributed by atoms with van der Waals surface area (Å²) >= 11 is 0. The topological polar surface area (TPSA) is 50.5 Å². The Morgan fingerprint density at radius 1 is 1.07 bits per heavy atom. The molecule has 6 heteroatoms. The van der Waals surface area contributed by atoms with Crippen LogP contribution >= 0.6 is 0 Å². The smallest absolute Gasteiger partial charge is 0.257 e. The molecule has 29 heavy (non-hydrogen) atoms. The Labute approximate surface area is 166 Å². The molecule has 1 aromatic heterocycles. The van der Waals surface area contributed by atoms with Crippen LogP contribution in [0.3, 0.4) is 0 Å². The lowest BCUT2D eigenvalue weighted by molar-refractivity contribution is 0.0311. The van der Waals surface area contributed by atoms with Gasteiger partial charge in [0.15, 0.2) is 11.0 Å². The third kappa shape index (κ3) is 3.55. The molecule has 0 atom stereocenters. The summed E-state index contributed by atoms with van der Waals surface area (Å²) in [7, 11) is 0. The van der Waals surface area contributed by atoms with Gasteiger partial charge >= 0.3 is 0 Å². The molecule has 4 nitrogen and oxygen atoms in total. The molecule has 4 rings (SSSR count). The summed E-state index contributed by atoms with van der Waals surface area (Å²) < 4.78 is 31.9. The average Bonchev–Trinajstić information content (AvgIpc) is 2.76. The first-order chi connectivity index (χ1) is 14.0. The van der Waals surface area contributed by atoms with Crippen LogP contribution in [0.15, 0.2) is 57.7 Å². The fourth-order valence-electron chi connectivity index (χ4n) is 3.87. The number of rotatable bonds is 3. The number of hydrogen-bond donors (Lipinski definition) is 0. The van der Waals surface area contributed by atoms with Gasteiger partial charge in [0.05, 0.1) is 10.9 Å². The van der Waals surface area contributed by atoms with Gasteiger partial charge in [-0.05, 0) is 31.9 Å². The van der Waals surface area contributed by atoms with Crippen LogP contribution in [-0.2, 0) is 0 Å². The number of fused-ring (bicyclic) bond motifs is 1. The van der Waals surface area contributed by atoms with Crippen molar-refractivity contribution in [2.75, 3.05) is 13.1 Å². The first-order valence-electron chi connectivity index (χ1n) is 9.66. The number of hydrogen-bond acceptors (Lipinski definition) is 3. The monoisotopic (exact) mass is 397 g/mol. The van der Waals surface area contributed by atoms with Gasteiger partial charge in [0, 0.05) is 30.1 Å². The Hall–Kier alpha value is -3.02. The number of halogens is 2. The van der Waals surface area contributed by atoms with Crippen LogP contribution in [0, 0.1) is 12.8 Å². The minimum Gasteiger partial charge on any atom is -0.455 e. The summed E-state index contributed by atoms with van der Waals surface area (Å²) in [5.41, 5.74) is 1.57. The average molecular weight is 397 g/mol. The number of amides is 1. The highest BCUT2D eigenvalue weighted by atomic mass is 19.3. The maximum Gasteiger partial charge on any atom is 0.257 e. The molecule has 2 aromatic carbocycles. The van der Waals surface area contributed by atoms with Crippen molar-refractivity contribution in [3.05, 3.63) is 69.9 Å². The minimum atomic E-state index is -2.36. The van der Waals surface area contributed by atoms with E-state index in [0.29, 0.717) is 16.7 Å². The van der Waals surface area contributed by atoms with Gasteiger partial charge in [-0.15, -0.1) is 0 Å². The largest absolute Gasteiger partial charge is 0.455 e. The lowest BCUT2D eigenvalue weighted by atomic mass is 9.96. The molecule has 3 aromatic rings. The molecular weight excluding hydrogens is 376 g/mol. The standard InChI is InChI=1S/C23H21F2NO3/c1-14-19(27)17-8-5-9-18(21(17)29-20(14)15-6-3-2-4-7-15)23(28)26-12-10-16(11-13-26)22(24)25/h2-9,16,22H,10-13H2,1H3. The summed E-state index contributed by atoms with van der Waals surface area (Å²) in [6, 6.07) is 14.2. The van der Waals surface area contributed by atoms with Gasteiger partial charge in [-0.2, -0.15) is 0 Å². The quantitative estimate of drug-likeness (QED) is 0.633. The van der Waals surface area contributed by atoms with Crippen molar-refractivity contribution in [1.82, 2.24) is 4.90 Å². The number of piperidine rings is 1. The van der Waals surface area contributed by atoms with Crippen molar-refractivity contribution in [3.63, 3.8) is 0 Å². The van der Waals surface area contributed by atoms with Crippen molar-refractivity contribution in [3.8, 4) is 11.3 Å². The van der Waals surface area contributed by atoms with Crippen molar-refractivity contribution < 1.29 is 18.0 Å². The molecule has 1 fully saturated rings. The number of carbonyl (C=O) groups excluding carboxylic acids is 1. The lowest BCUT2D eigenvalue weighted by Gasteiger charge is -2.31. The predicted molar refractivity (Wildman–Crippen MR) is 107 cm³/mol. The van der Waals surface area contributed by atoms with Gasteiger partial charge in [0.1, 0.15) is 5.76 Å². The van der Waals surface area contributed by atoms with E-state index in [4.69, 9.17) is 4.42 Å². The van der Waals surface area contributed by atoms with E-state index in [-0.39, 0.29) is 48.4 Å². The van der Waals surface area contributed by atoms with Gasteiger partial charge in [0.2, 0.25) is 6.43 Å². The molecule has 2 heterocycles. The van der Waals surface area contributed by atoms with Gasteiger partial charge in [0.25, 0.3) is 5.91 Å². The number of alkyl halides is 2. The van der Waals surface area contributed by atoms with E-state index in [1.54, 1.807) is 30.0 Å². The van der Waals surface area contributed by atoms with Crippen molar-refractivity contribution in [2.24, 2.45) is 5.92 Å². The predicted octanol–water partition coefficient (Wildman–Crippen LogP) is 4.89. The first-order valence-corrected chi connectivity index (χ1v) is 9.66. The zero-order chi connectivity index (χ0) is 20.5. The van der Waals surface area contributed by atoms with Crippen LogP contribution in [0.1, 0.15) is 28.8 Å². The first kappa shape index (κ1) is 19.3. The summed E-state index contributed by atoms with van der Waals surface area (Å²) in [4.78, 5) is 27.6. The molecule has 150 valence electrons. The van der Waals surface area contributed by atoms with Gasteiger partial charge in [-0.1, -0.05) is 36.4 Å². The Balaban J connectivity index is 1.77. The maximum absolute atomic E-state index is 13.1. The zero-order valence-corrected chi connectivity index (χ0v) is 16.0. The number of nitrogens with zero attached hydrogens (tertiary/aromatic N) is 1. The van der Waals surface area contributed by atoms with E-state index >= 15 is 0 Å². The van der Waals surface area contributed by atoms with Crippen molar-refractivity contribution in [2.45, 2.75) is 26.2 Å². The van der Waals surface area contributed by atoms with E-state index in [2.05, 4.69) is 0 Å².